The maximum Gasteiger partial charge on any atom is 0.417 e. The van der Waals surface area contributed by atoms with Crippen LogP contribution in [0.5, 0.6) is 0 Å². The lowest BCUT2D eigenvalue weighted by Gasteiger charge is -2.19. The predicted molar refractivity (Wildman–Crippen MR) is 232 cm³/mol. The number of hydrogen-bond acceptors (Lipinski definition) is 0. The number of hydrogen-bond donors (Lipinski definition) is 0. The summed E-state index contributed by atoms with van der Waals surface area (Å²) >= 11 is 0. The molecule has 10 aromatic rings. The SMILES string of the molecule is Cc1cc(C(F)(F)F)cc(C(F)(F)F)c1-c1ccc2c(c1)c1cc(-c3ccc4c(-c5ccccc5)c5ccccc5c(-c5ccccc5)c4c3)ccc1n2-c1ccccc1. The summed E-state index contributed by atoms with van der Waals surface area (Å²) in [5.41, 5.74) is 5.86. The maximum atomic E-state index is 14.6. The van der Waals surface area contributed by atoms with Gasteiger partial charge in [0.05, 0.1) is 22.2 Å². The average Bonchev–Trinajstić information content (AvgIpc) is 3.58. The zero-order chi connectivity index (χ0) is 41.3. The minimum atomic E-state index is -5.03. The van der Waals surface area contributed by atoms with Crippen molar-refractivity contribution >= 4 is 43.4 Å². The Morgan fingerprint density at radius 2 is 0.800 bits per heavy atom. The molecule has 0 saturated heterocycles. The van der Waals surface area contributed by atoms with E-state index in [1.807, 2.05) is 72.8 Å². The van der Waals surface area contributed by atoms with Gasteiger partial charge in [-0.1, -0.05) is 127 Å². The molecule has 60 heavy (non-hydrogen) atoms. The highest BCUT2D eigenvalue weighted by Crippen LogP contribution is 2.47. The standard InChI is InChI=1S/C53H33F6N/c1-32-27-38(52(54,55)56)31-46(53(57,58)59)49(32)37-23-26-48-44(30-37)43-28-36(22-25-47(43)60(48)39-17-9-4-10-18-39)35-21-24-42-45(29-35)51(34-15-7-3-8-16-34)41-20-12-11-19-40(41)50(42)33-13-5-2-6-14-33/h2-31H,1H3. The van der Waals surface area contributed by atoms with E-state index in [0.717, 1.165) is 83.1 Å². The Bertz CT molecular complexity index is 3270. The van der Waals surface area contributed by atoms with Gasteiger partial charge in [0, 0.05) is 16.5 Å². The van der Waals surface area contributed by atoms with Crippen LogP contribution in [-0.4, -0.2) is 4.57 Å². The highest BCUT2D eigenvalue weighted by atomic mass is 19.4. The molecule has 0 aliphatic rings. The van der Waals surface area contributed by atoms with Gasteiger partial charge in [0.1, 0.15) is 0 Å². The van der Waals surface area contributed by atoms with Gasteiger partial charge in [0.2, 0.25) is 0 Å². The van der Waals surface area contributed by atoms with E-state index in [9.17, 15) is 26.3 Å². The molecular weight excluding hydrogens is 765 g/mol. The maximum absolute atomic E-state index is 14.6. The molecule has 0 aliphatic heterocycles. The van der Waals surface area contributed by atoms with Crippen molar-refractivity contribution in [3.63, 3.8) is 0 Å². The Morgan fingerprint density at radius 3 is 1.35 bits per heavy atom. The molecular formula is C53H33F6N. The second-order valence-corrected chi connectivity index (χ2v) is 15.1. The van der Waals surface area contributed by atoms with Crippen molar-refractivity contribution in [1.29, 1.82) is 0 Å². The first-order valence-corrected chi connectivity index (χ1v) is 19.5. The molecule has 292 valence electrons. The van der Waals surface area contributed by atoms with Gasteiger partial charge < -0.3 is 4.57 Å². The Hall–Kier alpha value is -7.12. The Morgan fingerprint density at radius 1 is 0.350 bits per heavy atom. The normalized spacial score (nSPS) is 12.2. The fraction of sp³-hybridized carbons (Fsp3) is 0.0566. The summed E-state index contributed by atoms with van der Waals surface area (Å²) in [7, 11) is 0. The smallest absolute Gasteiger partial charge is 0.309 e. The molecule has 0 spiro atoms. The van der Waals surface area contributed by atoms with Gasteiger partial charge in [-0.2, -0.15) is 26.3 Å². The number of fused-ring (bicyclic) bond motifs is 5. The lowest BCUT2D eigenvalue weighted by molar-refractivity contribution is -0.142. The molecule has 1 heterocycles. The molecule has 0 unspecified atom stereocenters. The summed E-state index contributed by atoms with van der Waals surface area (Å²) in [5, 5.41) is 5.90. The molecule has 0 fully saturated rings. The molecule has 0 amide bonds. The molecule has 0 atom stereocenters. The second kappa shape index (κ2) is 14.0. The molecule has 0 aliphatic carbocycles. The minimum absolute atomic E-state index is 0.114. The first-order valence-electron chi connectivity index (χ1n) is 19.5. The fourth-order valence-electron chi connectivity index (χ4n) is 8.96. The molecule has 0 radical (unpaired) electrons. The molecule has 9 aromatic carbocycles. The third-order valence-corrected chi connectivity index (χ3v) is 11.5. The number of alkyl halides is 6. The number of rotatable bonds is 5. The van der Waals surface area contributed by atoms with Gasteiger partial charge in [-0.3, -0.25) is 0 Å². The van der Waals surface area contributed by atoms with Crippen LogP contribution in [-0.2, 0) is 12.4 Å². The van der Waals surface area contributed by atoms with Gasteiger partial charge >= 0.3 is 12.4 Å². The van der Waals surface area contributed by atoms with Crippen molar-refractivity contribution in [1.82, 2.24) is 4.57 Å². The molecule has 7 heteroatoms. The van der Waals surface area contributed by atoms with E-state index in [1.165, 1.54) is 6.92 Å². The topological polar surface area (TPSA) is 4.93 Å². The summed E-state index contributed by atoms with van der Waals surface area (Å²) in [4.78, 5) is 0. The Balaban J connectivity index is 1.24. The summed E-state index contributed by atoms with van der Waals surface area (Å²) in [6.07, 6.45) is -9.96. The monoisotopic (exact) mass is 797 g/mol. The summed E-state index contributed by atoms with van der Waals surface area (Å²) in [6, 6.07) is 57.5. The molecule has 0 N–H and O–H groups in total. The Labute approximate surface area is 341 Å². The highest BCUT2D eigenvalue weighted by molar-refractivity contribution is 6.22. The van der Waals surface area contributed by atoms with Crippen molar-refractivity contribution in [2.75, 3.05) is 0 Å². The summed E-state index contributed by atoms with van der Waals surface area (Å²) in [5.74, 6) is 0. The lowest BCUT2D eigenvalue weighted by atomic mass is 9.85. The van der Waals surface area contributed by atoms with E-state index in [-0.39, 0.29) is 22.8 Å². The van der Waals surface area contributed by atoms with E-state index in [0.29, 0.717) is 5.39 Å². The van der Waals surface area contributed by atoms with Crippen molar-refractivity contribution in [3.05, 3.63) is 199 Å². The van der Waals surface area contributed by atoms with Crippen molar-refractivity contribution in [2.24, 2.45) is 0 Å². The second-order valence-electron chi connectivity index (χ2n) is 15.1. The van der Waals surface area contributed by atoms with Crippen LogP contribution in [0.25, 0.3) is 93.5 Å². The average molecular weight is 798 g/mol. The number of aryl methyl sites for hydroxylation is 1. The predicted octanol–water partition coefficient (Wildman–Crippen LogP) is 16.1. The van der Waals surface area contributed by atoms with Gasteiger partial charge in [-0.25, -0.2) is 0 Å². The molecule has 0 saturated carbocycles. The summed E-state index contributed by atoms with van der Waals surface area (Å²) < 4.78 is 87.2. The van der Waals surface area contributed by atoms with Gasteiger partial charge in [0.15, 0.2) is 0 Å². The highest BCUT2D eigenvalue weighted by Gasteiger charge is 2.39. The first-order chi connectivity index (χ1) is 29.0. The number of para-hydroxylation sites is 1. The van der Waals surface area contributed by atoms with E-state index in [2.05, 4.69) is 83.4 Å². The van der Waals surface area contributed by atoms with E-state index >= 15 is 0 Å². The Kier molecular flexibility index (Phi) is 8.68. The van der Waals surface area contributed by atoms with Crippen LogP contribution in [0.4, 0.5) is 26.3 Å². The van der Waals surface area contributed by atoms with Crippen molar-refractivity contribution in [2.45, 2.75) is 19.3 Å². The minimum Gasteiger partial charge on any atom is -0.309 e. The quantitative estimate of drug-likeness (QED) is 0.121. The van der Waals surface area contributed by atoms with Crippen LogP contribution >= 0.6 is 0 Å². The van der Waals surface area contributed by atoms with Crippen LogP contribution in [0.3, 0.4) is 0 Å². The molecule has 1 aromatic heterocycles. The number of aromatic nitrogens is 1. The fourth-order valence-corrected chi connectivity index (χ4v) is 8.96. The third kappa shape index (κ3) is 6.20. The zero-order valence-electron chi connectivity index (χ0n) is 32.0. The van der Waals surface area contributed by atoms with Gasteiger partial charge in [0.25, 0.3) is 0 Å². The van der Waals surface area contributed by atoms with E-state index in [1.54, 1.807) is 18.2 Å². The van der Waals surface area contributed by atoms with Crippen LogP contribution in [0.1, 0.15) is 16.7 Å². The van der Waals surface area contributed by atoms with Crippen LogP contribution in [0.2, 0.25) is 0 Å². The van der Waals surface area contributed by atoms with E-state index < -0.39 is 23.5 Å². The van der Waals surface area contributed by atoms with Crippen LogP contribution < -0.4 is 0 Å². The summed E-state index contributed by atoms with van der Waals surface area (Å²) in [6.45, 7) is 1.30. The first kappa shape index (κ1) is 37.2. The number of halogens is 6. The van der Waals surface area contributed by atoms with Crippen LogP contribution in [0, 0.1) is 6.92 Å². The lowest BCUT2D eigenvalue weighted by Crippen LogP contribution is -2.13. The molecule has 1 nitrogen and oxygen atoms in total. The largest absolute Gasteiger partial charge is 0.417 e. The molecule has 10 rings (SSSR count). The molecule has 0 bridgehead atoms. The van der Waals surface area contributed by atoms with Crippen molar-refractivity contribution < 1.29 is 26.3 Å². The van der Waals surface area contributed by atoms with E-state index in [4.69, 9.17) is 0 Å². The van der Waals surface area contributed by atoms with Crippen molar-refractivity contribution in [3.8, 4) is 50.2 Å². The third-order valence-electron chi connectivity index (χ3n) is 11.5. The van der Waals surface area contributed by atoms with Crippen LogP contribution in [0.15, 0.2) is 182 Å². The number of benzene rings is 9. The van der Waals surface area contributed by atoms with Gasteiger partial charge in [-0.15, -0.1) is 0 Å². The number of nitrogens with zero attached hydrogens (tertiary/aromatic N) is 1. The zero-order valence-corrected chi connectivity index (χ0v) is 32.0. The van der Waals surface area contributed by atoms with Gasteiger partial charge in [-0.05, 0) is 133 Å².